The standard InChI is InChI=1S/C20H18F2N4OS/c21-14-5-3-13(4-6-14)12-18-24-20(28-25-18)26-11-1-2-17(26)19(27)23-16-9-7-15(22)8-10-16/h3-10,17H,1-2,11-12H2,(H,23,27)/t17-/m0/s1. The van der Waals surface area contributed by atoms with E-state index in [1.54, 1.807) is 12.1 Å². The van der Waals surface area contributed by atoms with Crippen molar-refractivity contribution in [3.05, 3.63) is 71.6 Å². The Kier molecular flexibility index (Phi) is 5.29. The van der Waals surface area contributed by atoms with Gasteiger partial charge in [0.15, 0.2) is 0 Å². The van der Waals surface area contributed by atoms with Crippen LogP contribution in [0.2, 0.25) is 0 Å². The van der Waals surface area contributed by atoms with E-state index in [2.05, 4.69) is 14.7 Å². The SMILES string of the molecule is O=C(Nc1ccc(F)cc1)[C@@H]1CCCN1c1nc(Cc2ccc(F)cc2)ns1. The number of halogens is 2. The average Bonchev–Trinajstić information content (AvgIpc) is 3.34. The summed E-state index contributed by atoms with van der Waals surface area (Å²) < 4.78 is 30.5. The zero-order valence-electron chi connectivity index (χ0n) is 14.9. The molecule has 1 N–H and O–H groups in total. The number of hydrogen-bond acceptors (Lipinski definition) is 5. The predicted octanol–water partition coefficient (Wildman–Crippen LogP) is 4.01. The van der Waals surface area contributed by atoms with Gasteiger partial charge in [0, 0.05) is 30.2 Å². The van der Waals surface area contributed by atoms with E-state index in [0.717, 1.165) is 24.9 Å². The Morgan fingerprint density at radius 3 is 2.50 bits per heavy atom. The molecule has 4 rings (SSSR count). The van der Waals surface area contributed by atoms with Crippen molar-refractivity contribution in [1.82, 2.24) is 9.36 Å². The molecule has 2 heterocycles. The lowest BCUT2D eigenvalue weighted by Gasteiger charge is -2.22. The highest BCUT2D eigenvalue weighted by atomic mass is 32.1. The second-order valence-corrected chi connectivity index (χ2v) is 7.37. The van der Waals surface area contributed by atoms with Crippen LogP contribution in [0.25, 0.3) is 0 Å². The molecule has 28 heavy (non-hydrogen) atoms. The number of nitrogens with one attached hydrogen (secondary N) is 1. The van der Waals surface area contributed by atoms with E-state index in [4.69, 9.17) is 0 Å². The fourth-order valence-electron chi connectivity index (χ4n) is 3.25. The number of hydrogen-bond donors (Lipinski definition) is 1. The Labute approximate surface area is 165 Å². The van der Waals surface area contributed by atoms with Gasteiger partial charge in [0.1, 0.15) is 23.5 Å². The minimum Gasteiger partial charge on any atom is -0.335 e. The van der Waals surface area contributed by atoms with Crippen molar-refractivity contribution >= 4 is 28.3 Å². The van der Waals surface area contributed by atoms with Crippen LogP contribution in [0.15, 0.2) is 48.5 Å². The summed E-state index contributed by atoms with van der Waals surface area (Å²) in [7, 11) is 0. The van der Waals surface area contributed by atoms with Gasteiger partial charge in [-0.2, -0.15) is 4.37 Å². The van der Waals surface area contributed by atoms with Crippen molar-refractivity contribution in [3.8, 4) is 0 Å². The maximum absolute atomic E-state index is 13.0. The quantitative estimate of drug-likeness (QED) is 0.703. The number of carbonyl (C=O) groups excluding carboxylic acids is 1. The lowest BCUT2D eigenvalue weighted by molar-refractivity contribution is -0.117. The van der Waals surface area contributed by atoms with Gasteiger partial charge in [-0.25, -0.2) is 13.8 Å². The van der Waals surface area contributed by atoms with Gasteiger partial charge in [0.05, 0.1) is 0 Å². The average molecular weight is 400 g/mol. The van der Waals surface area contributed by atoms with E-state index in [1.165, 1.54) is 47.9 Å². The highest BCUT2D eigenvalue weighted by molar-refractivity contribution is 7.09. The minimum absolute atomic E-state index is 0.139. The maximum atomic E-state index is 13.0. The van der Waals surface area contributed by atoms with Gasteiger partial charge < -0.3 is 10.2 Å². The van der Waals surface area contributed by atoms with Gasteiger partial charge in [-0.05, 0) is 54.8 Å². The number of carbonyl (C=O) groups is 1. The smallest absolute Gasteiger partial charge is 0.247 e. The minimum atomic E-state index is -0.344. The Hall–Kier alpha value is -2.87. The number of nitrogens with zero attached hydrogens (tertiary/aromatic N) is 3. The van der Waals surface area contributed by atoms with Crippen LogP contribution in [0, 0.1) is 11.6 Å². The van der Waals surface area contributed by atoms with Gasteiger partial charge >= 0.3 is 0 Å². The molecule has 1 atom stereocenters. The zero-order valence-corrected chi connectivity index (χ0v) is 15.8. The van der Waals surface area contributed by atoms with Gasteiger partial charge in [0.2, 0.25) is 11.0 Å². The van der Waals surface area contributed by atoms with E-state index in [0.29, 0.717) is 23.1 Å². The van der Waals surface area contributed by atoms with E-state index in [-0.39, 0.29) is 23.6 Å². The molecule has 5 nitrogen and oxygen atoms in total. The summed E-state index contributed by atoms with van der Waals surface area (Å²) in [6.07, 6.45) is 2.12. The van der Waals surface area contributed by atoms with Crippen molar-refractivity contribution < 1.29 is 13.6 Å². The molecule has 3 aromatic rings. The Morgan fingerprint density at radius 2 is 1.79 bits per heavy atom. The van der Waals surface area contributed by atoms with Gasteiger partial charge in [0.25, 0.3) is 0 Å². The highest BCUT2D eigenvalue weighted by Crippen LogP contribution is 2.28. The summed E-state index contributed by atoms with van der Waals surface area (Å²) in [5.74, 6) is -0.110. The molecular weight excluding hydrogens is 382 g/mol. The van der Waals surface area contributed by atoms with Crippen LogP contribution in [-0.4, -0.2) is 27.9 Å². The van der Waals surface area contributed by atoms with Crippen molar-refractivity contribution in [2.45, 2.75) is 25.3 Å². The molecule has 0 spiro atoms. The normalized spacial score (nSPS) is 16.4. The molecule has 2 aromatic carbocycles. The third kappa shape index (κ3) is 4.17. The molecule has 1 aliphatic heterocycles. The molecular formula is C20H18F2N4OS. The van der Waals surface area contributed by atoms with Gasteiger partial charge in [-0.15, -0.1) is 0 Å². The molecule has 1 fully saturated rings. The van der Waals surface area contributed by atoms with Crippen molar-refractivity contribution in [3.63, 3.8) is 0 Å². The third-order valence-corrected chi connectivity index (χ3v) is 5.44. The predicted molar refractivity (Wildman–Crippen MR) is 105 cm³/mol. The first-order valence-electron chi connectivity index (χ1n) is 8.98. The van der Waals surface area contributed by atoms with Crippen molar-refractivity contribution in [2.24, 2.45) is 0 Å². The monoisotopic (exact) mass is 400 g/mol. The molecule has 8 heteroatoms. The number of anilines is 2. The van der Waals surface area contributed by atoms with Crippen LogP contribution in [0.4, 0.5) is 19.6 Å². The number of benzene rings is 2. The lowest BCUT2D eigenvalue weighted by Crippen LogP contribution is -2.39. The molecule has 1 aliphatic rings. The summed E-state index contributed by atoms with van der Waals surface area (Å²) in [6.45, 7) is 0.729. The molecule has 0 aliphatic carbocycles. The van der Waals surface area contributed by atoms with E-state index in [1.807, 2.05) is 4.90 Å². The van der Waals surface area contributed by atoms with Gasteiger partial charge in [-0.1, -0.05) is 12.1 Å². The first-order chi connectivity index (χ1) is 13.6. The Balaban J connectivity index is 1.44. The lowest BCUT2D eigenvalue weighted by atomic mass is 10.1. The van der Waals surface area contributed by atoms with E-state index >= 15 is 0 Å². The second-order valence-electron chi connectivity index (χ2n) is 6.64. The van der Waals surface area contributed by atoms with Crippen LogP contribution in [0.3, 0.4) is 0 Å². The Morgan fingerprint density at radius 1 is 1.11 bits per heavy atom. The molecule has 1 saturated heterocycles. The van der Waals surface area contributed by atoms with Crippen molar-refractivity contribution in [1.29, 1.82) is 0 Å². The molecule has 0 bridgehead atoms. The fourth-order valence-corrected chi connectivity index (χ4v) is 4.01. The van der Waals surface area contributed by atoms with Crippen molar-refractivity contribution in [2.75, 3.05) is 16.8 Å². The molecule has 144 valence electrons. The van der Waals surface area contributed by atoms with Crippen LogP contribution in [0.1, 0.15) is 24.2 Å². The number of amides is 1. The molecule has 0 unspecified atom stereocenters. The summed E-state index contributed by atoms with van der Waals surface area (Å²) in [6, 6.07) is 11.6. The van der Waals surface area contributed by atoms with E-state index in [9.17, 15) is 13.6 Å². The molecule has 0 saturated carbocycles. The molecule has 0 radical (unpaired) electrons. The maximum Gasteiger partial charge on any atom is 0.247 e. The summed E-state index contributed by atoms with van der Waals surface area (Å²) in [5, 5.41) is 3.54. The fraction of sp³-hybridized carbons (Fsp3) is 0.250. The largest absolute Gasteiger partial charge is 0.335 e. The molecule has 1 aromatic heterocycles. The zero-order chi connectivity index (χ0) is 19.5. The van der Waals surface area contributed by atoms with Crippen LogP contribution >= 0.6 is 11.5 Å². The molecule has 1 amide bonds. The highest BCUT2D eigenvalue weighted by Gasteiger charge is 2.33. The first kappa shape index (κ1) is 18.5. The van der Waals surface area contributed by atoms with Gasteiger partial charge in [-0.3, -0.25) is 4.79 Å². The second kappa shape index (κ2) is 8.02. The first-order valence-corrected chi connectivity index (χ1v) is 9.76. The summed E-state index contributed by atoms with van der Waals surface area (Å²) in [5.41, 5.74) is 1.49. The summed E-state index contributed by atoms with van der Waals surface area (Å²) >= 11 is 1.26. The Bertz CT molecular complexity index is 959. The number of aromatic nitrogens is 2. The summed E-state index contributed by atoms with van der Waals surface area (Å²) in [4.78, 5) is 19.2. The number of rotatable bonds is 5. The van der Waals surface area contributed by atoms with Crippen LogP contribution in [0.5, 0.6) is 0 Å². The topological polar surface area (TPSA) is 58.1 Å². The van der Waals surface area contributed by atoms with E-state index < -0.39 is 0 Å². The van der Waals surface area contributed by atoms with Crippen LogP contribution in [-0.2, 0) is 11.2 Å². The third-order valence-electron chi connectivity index (χ3n) is 4.65. The van der Waals surface area contributed by atoms with Crippen LogP contribution < -0.4 is 10.2 Å².